The molecule has 0 aliphatic rings. The molecule has 0 atom stereocenters. The highest BCUT2D eigenvalue weighted by molar-refractivity contribution is 6.30. The maximum atomic E-state index is 13.0. The van der Waals surface area contributed by atoms with Crippen LogP contribution in [0.2, 0.25) is 5.02 Å². The molecule has 0 saturated carbocycles. The molecule has 0 fully saturated rings. The topological polar surface area (TPSA) is 61.0 Å². The Hall–Kier alpha value is -2.86. The molecule has 0 aliphatic carbocycles. The molecular formula is C20H20ClFN4O. The molecule has 140 valence electrons. The zero-order valence-electron chi connectivity index (χ0n) is 14.9. The number of hydrogen-bond acceptors (Lipinski definition) is 2. The number of urea groups is 1. The fraction of sp³-hybridized carbons (Fsp3) is 0.200. The summed E-state index contributed by atoms with van der Waals surface area (Å²) in [5.41, 5.74) is 3.31. The number of amides is 2. The summed E-state index contributed by atoms with van der Waals surface area (Å²) < 4.78 is 13.0. The van der Waals surface area contributed by atoms with Crippen molar-refractivity contribution in [2.24, 2.45) is 0 Å². The number of aromatic amines is 1. The fourth-order valence-corrected chi connectivity index (χ4v) is 2.74. The van der Waals surface area contributed by atoms with Crippen LogP contribution < -0.4 is 5.32 Å². The van der Waals surface area contributed by atoms with Gasteiger partial charge in [-0.2, -0.15) is 5.10 Å². The fourth-order valence-electron chi connectivity index (χ4n) is 2.62. The minimum absolute atomic E-state index is 0.172. The smallest absolute Gasteiger partial charge is 0.321 e. The quantitative estimate of drug-likeness (QED) is 0.628. The summed E-state index contributed by atoms with van der Waals surface area (Å²) in [6.07, 6.45) is 1.54. The van der Waals surface area contributed by atoms with Crippen molar-refractivity contribution in [3.8, 4) is 11.3 Å². The molecule has 0 saturated heterocycles. The van der Waals surface area contributed by atoms with Crippen LogP contribution in [0.1, 0.15) is 12.1 Å². The van der Waals surface area contributed by atoms with Crippen LogP contribution in [0.3, 0.4) is 0 Å². The molecule has 2 N–H and O–H groups in total. The molecule has 3 rings (SSSR count). The summed E-state index contributed by atoms with van der Waals surface area (Å²) in [6.45, 7) is 0.602. The average Bonchev–Trinajstić information content (AvgIpc) is 3.13. The third-order valence-electron chi connectivity index (χ3n) is 4.15. The number of benzene rings is 2. The molecule has 0 radical (unpaired) electrons. The van der Waals surface area contributed by atoms with E-state index in [1.807, 2.05) is 6.07 Å². The Labute approximate surface area is 162 Å². The van der Waals surface area contributed by atoms with Crippen molar-refractivity contribution in [2.75, 3.05) is 18.9 Å². The SMILES string of the molecule is CN(CCCc1cc(-c2ccc(F)cc2)n[nH]1)C(=O)Nc1ccc(Cl)cc1. The molecule has 0 bridgehead atoms. The van der Waals surface area contributed by atoms with Gasteiger partial charge in [0.15, 0.2) is 0 Å². The number of rotatable bonds is 6. The van der Waals surface area contributed by atoms with Crippen molar-refractivity contribution < 1.29 is 9.18 Å². The van der Waals surface area contributed by atoms with Crippen LogP contribution in [-0.4, -0.2) is 34.7 Å². The second-order valence-electron chi connectivity index (χ2n) is 6.25. The lowest BCUT2D eigenvalue weighted by Gasteiger charge is -2.17. The van der Waals surface area contributed by atoms with Crippen molar-refractivity contribution in [2.45, 2.75) is 12.8 Å². The van der Waals surface area contributed by atoms with Crippen LogP contribution in [0.5, 0.6) is 0 Å². The van der Waals surface area contributed by atoms with Gasteiger partial charge in [0.05, 0.1) is 5.69 Å². The number of hydrogen-bond donors (Lipinski definition) is 2. The van der Waals surface area contributed by atoms with Gasteiger partial charge in [-0.25, -0.2) is 9.18 Å². The first-order valence-corrected chi connectivity index (χ1v) is 8.97. The summed E-state index contributed by atoms with van der Waals surface area (Å²) in [5.74, 6) is -0.269. The van der Waals surface area contributed by atoms with E-state index in [-0.39, 0.29) is 11.8 Å². The Balaban J connectivity index is 1.47. The van der Waals surface area contributed by atoms with Gasteiger partial charge in [-0.15, -0.1) is 0 Å². The molecule has 2 amide bonds. The predicted octanol–water partition coefficient (Wildman–Crippen LogP) is 4.97. The van der Waals surface area contributed by atoms with Crippen LogP contribution in [0.25, 0.3) is 11.3 Å². The molecule has 0 aliphatic heterocycles. The summed E-state index contributed by atoms with van der Waals surface area (Å²) in [6, 6.07) is 15.0. The highest BCUT2D eigenvalue weighted by atomic mass is 35.5. The van der Waals surface area contributed by atoms with Gasteiger partial charge in [-0.3, -0.25) is 5.10 Å². The molecule has 0 spiro atoms. The zero-order valence-corrected chi connectivity index (χ0v) is 15.6. The van der Waals surface area contributed by atoms with Crippen LogP contribution in [0.4, 0.5) is 14.9 Å². The summed E-state index contributed by atoms with van der Waals surface area (Å²) in [7, 11) is 1.75. The van der Waals surface area contributed by atoms with E-state index < -0.39 is 0 Å². The Morgan fingerprint density at radius 3 is 2.59 bits per heavy atom. The molecule has 1 aromatic heterocycles. The van der Waals surface area contributed by atoms with Gasteiger partial charge in [-0.05, 0) is 67.4 Å². The summed E-state index contributed by atoms with van der Waals surface area (Å²) in [4.78, 5) is 13.8. The number of nitrogens with one attached hydrogen (secondary N) is 2. The molecule has 3 aromatic rings. The number of carbonyl (C=O) groups excluding carboxylic acids is 1. The van der Waals surface area contributed by atoms with Crippen molar-refractivity contribution >= 4 is 23.3 Å². The number of aromatic nitrogens is 2. The van der Waals surface area contributed by atoms with Gasteiger partial charge in [-0.1, -0.05) is 11.6 Å². The van der Waals surface area contributed by atoms with E-state index in [9.17, 15) is 9.18 Å². The molecule has 27 heavy (non-hydrogen) atoms. The lowest BCUT2D eigenvalue weighted by atomic mass is 10.1. The molecule has 0 unspecified atom stereocenters. The number of halogens is 2. The van der Waals surface area contributed by atoms with E-state index in [1.54, 1.807) is 48.3 Å². The van der Waals surface area contributed by atoms with Crippen molar-refractivity contribution in [3.63, 3.8) is 0 Å². The molecule has 7 heteroatoms. The van der Waals surface area contributed by atoms with Gasteiger partial charge >= 0.3 is 6.03 Å². The monoisotopic (exact) mass is 386 g/mol. The average molecular weight is 387 g/mol. The summed E-state index contributed by atoms with van der Waals surface area (Å²) in [5, 5.41) is 10.7. The summed E-state index contributed by atoms with van der Waals surface area (Å²) >= 11 is 5.84. The van der Waals surface area contributed by atoms with Crippen LogP contribution >= 0.6 is 11.6 Å². The number of nitrogens with zero attached hydrogens (tertiary/aromatic N) is 2. The third-order valence-corrected chi connectivity index (χ3v) is 4.40. The van der Waals surface area contributed by atoms with E-state index in [0.29, 0.717) is 17.3 Å². The van der Waals surface area contributed by atoms with Gasteiger partial charge < -0.3 is 10.2 Å². The minimum atomic E-state index is -0.269. The van der Waals surface area contributed by atoms with E-state index in [0.717, 1.165) is 29.8 Å². The van der Waals surface area contributed by atoms with E-state index >= 15 is 0 Å². The van der Waals surface area contributed by atoms with Gasteiger partial charge in [0.1, 0.15) is 5.82 Å². The van der Waals surface area contributed by atoms with E-state index in [2.05, 4.69) is 15.5 Å². The number of H-pyrrole nitrogens is 1. The first-order valence-electron chi connectivity index (χ1n) is 8.59. The van der Waals surface area contributed by atoms with Gasteiger partial charge in [0.2, 0.25) is 0 Å². The van der Waals surface area contributed by atoms with Crippen molar-refractivity contribution in [3.05, 3.63) is 71.1 Å². The zero-order chi connectivity index (χ0) is 19.2. The number of aryl methyl sites for hydroxylation is 1. The second kappa shape index (κ2) is 8.68. The lowest BCUT2D eigenvalue weighted by molar-refractivity contribution is 0.222. The maximum absolute atomic E-state index is 13.0. The highest BCUT2D eigenvalue weighted by Crippen LogP contribution is 2.18. The molecule has 2 aromatic carbocycles. The lowest BCUT2D eigenvalue weighted by Crippen LogP contribution is -2.32. The molecule has 5 nitrogen and oxygen atoms in total. The Kier molecular flexibility index (Phi) is 6.08. The van der Waals surface area contributed by atoms with Crippen molar-refractivity contribution in [1.82, 2.24) is 15.1 Å². The number of anilines is 1. The largest absolute Gasteiger partial charge is 0.328 e. The Morgan fingerprint density at radius 1 is 1.19 bits per heavy atom. The number of carbonyl (C=O) groups is 1. The Morgan fingerprint density at radius 2 is 1.89 bits per heavy atom. The first kappa shape index (κ1) is 18.9. The van der Waals surface area contributed by atoms with E-state index in [1.165, 1.54) is 12.1 Å². The van der Waals surface area contributed by atoms with E-state index in [4.69, 9.17) is 11.6 Å². The van der Waals surface area contributed by atoms with Crippen LogP contribution in [0, 0.1) is 5.82 Å². The normalized spacial score (nSPS) is 10.6. The standard InChI is InChI=1S/C20H20ClFN4O/c1-26(20(27)23-17-10-6-15(21)7-11-17)12-2-3-18-13-19(25-24-18)14-4-8-16(22)9-5-14/h4-11,13H,2-3,12H2,1H3,(H,23,27)(H,24,25). The predicted molar refractivity (Wildman–Crippen MR) is 105 cm³/mol. The van der Waals surface area contributed by atoms with Gasteiger partial charge in [0, 0.05) is 35.6 Å². The van der Waals surface area contributed by atoms with Crippen LogP contribution in [-0.2, 0) is 6.42 Å². The van der Waals surface area contributed by atoms with Gasteiger partial charge in [0.25, 0.3) is 0 Å². The van der Waals surface area contributed by atoms with Crippen molar-refractivity contribution in [1.29, 1.82) is 0 Å². The third kappa shape index (κ3) is 5.31. The second-order valence-corrected chi connectivity index (χ2v) is 6.68. The highest BCUT2D eigenvalue weighted by Gasteiger charge is 2.09. The molecule has 1 heterocycles. The minimum Gasteiger partial charge on any atom is -0.328 e. The van der Waals surface area contributed by atoms with Crippen LogP contribution in [0.15, 0.2) is 54.6 Å². The maximum Gasteiger partial charge on any atom is 0.321 e. The molecular weight excluding hydrogens is 367 g/mol. The first-order chi connectivity index (χ1) is 13.0. The Bertz CT molecular complexity index is 893.